The van der Waals surface area contributed by atoms with Crippen molar-refractivity contribution < 1.29 is 0 Å². The molecule has 0 heterocycles. The lowest BCUT2D eigenvalue weighted by molar-refractivity contribution is 0.169. The Morgan fingerprint density at radius 1 is 1.41 bits per heavy atom. The van der Waals surface area contributed by atoms with E-state index >= 15 is 0 Å². The molecule has 2 rings (SSSR count). The summed E-state index contributed by atoms with van der Waals surface area (Å²) in [4.78, 5) is 0. The van der Waals surface area contributed by atoms with Crippen molar-refractivity contribution in [3.05, 3.63) is 0 Å². The highest BCUT2D eigenvalue weighted by molar-refractivity contribution is 5.14. The van der Waals surface area contributed by atoms with Gasteiger partial charge in [-0.15, -0.1) is 0 Å². The average Bonchev–Trinajstić information content (AvgIpc) is 3.12. The van der Waals surface area contributed by atoms with Crippen molar-refractivity contribution in [3.8, 4) is 6.07 Å². The van der Waals surface area contributed by atoms with E-state index < -0.39 is 0 Å². The normalized spacial score (nSPS) is 37.2. The fourth-order valence-electron chi connectivity index (χ4n) is 3.37. The van der Waals surface area contributed by atoms with Crippen LogP contribution in [0.1, 0.15) is 59.3 Å². The first kappa shape index (κ1) is 12.9. The monoisotopic (exact) mass is 234 g/mol. The van der Waals surface area contributed by atoms with Crippen molar-refractivity contribution in [3.63, 3.8) is 0 Å². The standard InChI is InChI=1S/C15H26N2/c1-4-12(3)17-14-6-5-13(9-11(14)2)15(10-16)7-8-15/h11-14,17H,4-9H2,1-3H3. The molecule has 4 unspecified atom stereocenters. The second-order valence-electron chi connectivity index (χ2n) is 6.34. The highest BCUT2D eigenvalue weighted by Gasteiger charge is 2.51. The highest BCUT2D eigenvalue weighted by Crippen LogP contribution is 2.56. The van der Waals surface area contributed by atoms with Gasteiger partial charge in [-0.25, -0.2) is 0 Å². The summed E-state index contributed by atoms with van der Waals surface area (Å²) in [6.45, 7) is 6.87. The van der Waals surface area contributed by atoms with Crippen LogP contribution in [0.5, 0.6) is 0 Å². The fourth-order valence-corrected chi connectivity index (χ4v) is 3.37. The van der Waals surface area contributed by atoms with E-state index in [9.17, 15) is 5.26 Å². The summed E-state index contributed by atoms with van der Waals surface area (Å²) in [7, 11) is 0. The average molecular weight is 234 g/mol. The minimum Gasteiger partial charge on any atom is -0.311 e. The van der Waals surface area contributed by atoms with Crippen molar-refractivity contribution in [2.45, 2.75) is 71.4 Å². The Hall–Kier alpha value is -0.550. The first-order valence-electron chi connectivity index (χ1n) is 7.28. The first-order valence-corrected chi connectivity index (χ1v) is 7.28. The van der Waals surface area contributed by atoms with Gasteiger partial charge >= 0.3 is 0 Å². The summed E-state index contributed by atoms with van der Waals surface area (Å²) in [5.41, 5.74) is 0.0929. The summed E-state index contributed by atoms with van der Waals surface area (Å²) in [6.07, 6.45) is 7.29. The highest BCUT2D eigenvalue weighted by atomic mass is 15.0. The van der Waals surface area contributed by atoms with Gasteiger partial charge in [0, 0.05) is 12.1 Å². The maximum atomic E-state index is 9.28. The van der Waals surface area contributed by atoms with Crippen LogP contribution in [-0.4, -0.2) is 12.1 Å². The molecule has 4 atom stereocenters. The number of nitrogens with one attached hydrogen (secondary N) is 1. The zero-order chi connectivity index (χ0) is 12.5. The lowest BCUT2D eigenvalue weighted by atomic mass is 9.72. The number of hydrogen-bond donors (Lipinski definition) is 1. The number of nitrogens with zero attached hydrogens (tertiary/aromatic N) is 1. The maximum absolute atomic E-state index is 9.28. The molecule has 2 saturated carbocycles. The van der Waals surface area contributed by atoms with Crippen molar-refractivity contribution in [2.75, 3.05) is 0 Å². The minimum atomic E-state index is 0.0929. The molecule has 0 amide bonds. The van der Waals surface area contributed by atoms with Gasteiger partial charge in [0.1, 0.15) is 0 Å². The molecule has 0 aliphatic heterocycles. The molecule has 2 aliphatic carbocycles. The van der Waals surface area contributed by atoms with Gasteiger partial charge in [-0.2, -0.15) is 5.26 Å². The maximum Gasteiger partial charge on any atom is 0.0692 e. The lowest BCUT2D eigenvalue weighted by Crippen LogP contribution is -2.44. The summed E-state index contributed by atoms with van der Waals surface area (Å²) in [6, 6.07) is 3.90. The van der Waals surface area contributed by atoms with Crippen molar-refractivity contribution in [1.82, 2.24) is 5.32 Å². The van der Waals surface area contributed by atoms with E-state index in [-0.39, 0.29) is 5.41 Å². The second kappa shape index (κ2) is 4.98. The fraction of sp³-hybridized carbons (Fsp3) is 0.933. The molecule has 0 radical (unpaired) electrons. The number of hydrogen-bond acceptors (Lipinski definition) is 2. The van der Waals surface area contributed by atoms with Crippen LogP contribution < -0.4 is 5.32 Å². The summed E-state index contributed by atoms with van der Waals surface area (Å²) in [5, 5.41) is 13.0. The SMILES string of the molecule is CCC(C)NC1CCC(C2(C#N)CC2)CC1C. The molecule has 0 bridgehead atoms. The van der Waals surface area contributed by atoms with E-state index in [1.165, 1.54) is 25.7 Å². The third-order valence-corrected chi connectivity index (χ3v) is 5.07. The van der Waals surface area contributed by atoms with Crippen LogP contribution in [-0.2, 0) is 0 Å². The van der Waals surface area contributed by atoms with Crippen molar-refractivity contribution in [1.29, 1.82) is 5.26 Å². The molecule has 0 aromatic carbocycles. The van der Waals surface area contributed by atoms with Gasteiger partial charge in [-0.1, -0.05) is 13.8 Å². The van der Waals surface area contributed by atoms with E-state index in [0.29, 0.717) is 18.0 Å². The Kier molecular flexibility index (Phi) is 3.78. The molecule has 96 valence electrons. The molecule has 2 aliphatic rings. The van der Waals surface area contributed by atoms with Crippen LogP contribution in [0.2, 0.25) is 0 Å². The Labute approximate surface area is 106 Å². The van der Waals surface area contributed by atoms with E-state index in [2.05, 4.69) is 32.2 Å². The van der Waals surface area contributed by atoms with Gasteiger partial charge in [0.05, 0.1) is 11.5 Å². The van der Waals surface area contributed by atoms with Gasteiger partial charge in [0.15, 0.2) is 0 Å². The topological polar surface area (TPSA) is 35.8 Å². The molecule has 2 heteroatoms. The van der Waals surface area contributed by atoms with Gasteiger partial charge < -0.3 is 5.32 Å². The molecule has 2 fully saturated rings. The third kappa shape index (κ3) is 2.65. The molecule has 1 N–H and O–H groups in total. The Morgan fingerprint density at radius 2 is 2.12 bits per heavy atom. The Balaban J connectivity index is 1.87. The molecular formula is C15H26N2. The van der Waals surface area contributed by atoms with Crippen LogP contribution in [0.25, 0.3) is 0 Å². The van der Waals surface area contributed by atoms with Crippen LogP contribution >= 0.6 is 0 Å². The lowest BCUT2D eigenvalue weighted by Gasteiger charge is -2.38. The quantitative estimate of drug-likeness (QED) is 0.808. The van der Waals surface area contributed by atoms with Gasteiger partial charge in [-0.3, -0.25) is 0 Å². The summed E-state index contributed by atoms with van der Waals surface area (Å²) in [5.74, 6) is 1.41. The molecule has 0 saturated heterocycles. The first-order chi connectivity index (χ1) is 8.11. The van der Waals surface area contributed by atoms with Crippen LogP contribution in [0, 0.1) is 28.6 Å². The molecule has 17 heavy (non-hydrogen) atoms. The predicted molar refractivity (Wildman–Crippen MR) is 70.5 cm³/mol. The number of nitriles is 1. The molecule has 0 spiro atoms. The minimum absolute atomic E-state index is 0.0929. The summed E-state index contributed by atoms with van der Waals surface area (Å²) < 4.78 is 0. The van der Waals surface area contributed by atoms with Crippen molar-refractivity contribution >= 4 is 0 Å². The molecular weight excluding hydrogens is 208 g/mol. The summed E-state index contributed by atoms with van der Waals surface area (Å²) >= 11 is 0. The van der Waals surface area contributed by atoms with Crippen molar-refractivity contribution in [2.24, 2.45) is 17.3 Å². The van der Waals surface area contributed by atoms with Crippen LogP contribution in [0.3, 0.4) is 0 Å². The Bertz CT molecular complexity index is 301. The molecule has 0 aromatic heterocycles. The van der Waals surface area contributed by atoms with Gasteiger partial charge in [0.25, 0.3) is 0 Å². The zero-order valence-electron chi connectivity index (χ0n) is 11.5. The predicted octanol–water partition coefficient (Wildman–Crippen LogP) is 3.48. The van der Waals surface area contributed by atoms with Gasteiger partial charge in [0.2, 0.25) is 0 Å². The van der Waals surface area contributed by atoms with Gasteiger partial charge in [-0.05, 0) is 57.3 Å². The van der Waals surface area contributed by atoms with E-state index in [1.54, 1.807) is 0 Å². The zero-order valence-corrected chi connectivity index (χ0v) is 11.5. The third-order valence-electron chi connectivity index (χ3n) is 5.07. The largest absolute Gasteiger partial charge is 0.311 e. The van der Waals surface area contributed by atoms with E-state index in [4.69, 9.17) is 0 Å². The number of rotatable bonds is 4. The molecule has 0 aromatic rings. The van der Waals surface area contributed by atoms with Crippen LogP contribution in [0.15, 0.2) is 0 Å². The second-order valence-corrected chi connectivity index (χ2v) is 6.34. The van der Waals surface area contributed by atoms with E-state index in [0.717, 1.165) is 18.8 Å². The van der Waals surface area contributed by atoms with E-state index in [1.807, 2.05) is 0 Å². The smallest absolute Gasteiger partial charge is 0.0692 e. The Morgan fingerprint density at radius 3 is 2.59 bits per heavy atom. The van der Waals surface area contributed by atoms with Crippen LogP contribution in [0.4, 0.5) is 0 Å². The molecule has 2 nitrogen and oxygen atoms in total.